The number of carbonyl (C=O) groups is 4. The SMILES string of the molecule is CC(=O)Oc1cc2c(c3ccccc13)[C@H](CCl)CN2C(=O)C12C3C4C1C1C2C3C41C(=O)N1C[C@@H](CCl)c2c1cc(OC(C)=O)c1ccccc21. The molecule has 50 heavy (non-hydrogen) atoms. The second-order valence-corrected chi connectivity index (χ2v) is 16.1. The molecule has 10 heteroatoms. The summed E-state index contributed by atoms with van der Waals surface area (Å²) in [5.41, 5.74) is 2.82. The molecule has 2 atom stereocenters. The first kappa shape index (κ1) is 29.6. The molecule has 252 valence electrons. The van der Waals surface area contributed by atoms with Crippen LogP contribution in [0.4, 0.5) is 11.4 Å². The van der Waals surface area contributed by atoms with Crippen LogP contribution in [0.5, 0.6) is 11.5 Å². The Morgan fingerprint density at radius 1 is 0.620 bits per heavy atom. The fourth-order valence-electron chi connectivity index (χ4n) is 12.8. The van der Waals surface area contributed by atoms with Gasteiger partial charge in [-0.1, -0.05) is 48.5 Å². The van der Waals surface area contributed by atoms with Crippen LogP contribution in [0.2, 0.25) is 0 Å². The first-order chi connectivity index (χ1) is 24.2. The van der Waals surface area contributed by atoms with Crippen LogP contribution in [0.1, 0.15) is 36.8 Å². The molecular weight excluding hydrogens is 675 g/mol. The third-order valence-corrected chi connectivity index (χ3v) is 14.7. The molecule has 0 radical (unpaired) electrons. The Morgan fingerprint density at radius 2 is 0.960 bits per heavy atom. The number of halogens is 2. The molecule has 0 spiro atoms. The highest BCUT2D eigenvalue weighted by atomic mass is 35.5. The van der Waals surface area contributed by atoms with E-state index in [0.717, 1.165) is 44.0 Å². The minimum absolute atomic E-state index is 0.0368. The van der Waals surface area contributed by atoms with Crippen molar-refractivity contribution in [1.82, 2.24) is 0 Å². The molecule has 0 unspecified atom stereocenters. The summed E-state index contributed by atoms with van der Waals surface area (Å²) in [6, 6.07) is 19.3. The summed E-state index contributed by atoms with van der Waals surface area (Å²) in [6.07, 6.45) is 0. The number of rotatable bonds is 6. The lowest BCUT2D eigenvalue weighted by Gasteiger charge is -3.09. The molecule has 6 aliphatic carbocycles. The quantitative estimate of drug-likeness (QED) is 0.127. The van der Waals surface area contributed by atoms with Crippen molar-refractivity contribution in [3.05, 3.63) is 71.8 Å². The highest BCUT2D eigenvalue weighted by molar-refractivity contribution is 6.20. The van der Waals surface area contributed by atoms with Gasteiger partial charge in [-0.05, 0) is 57.4 Å². The van der Waals surface area contributed by atoms with Crippen molar-refractivity contribution in [2.75, 3.05) is 34.6 Å². The number of carbonyl (C=O) groups excluding carboxylic acids is 4. The Bertz CT molecular complexity index is 2110. The molecule has 4 aromatic carbocycles. The lowest BCUT2D eigenvalue weighted by molar-refractivity contribution is -0.623. The number of fused-ring (bicyclic) bond motifs is 6. The standard InChI is InChI=1S/C40H32Cl2N2O6/c1-17(45)49-27-11-25-29(23-9-5-3-7-21(23)27)19(13-41)15-43(25)37(47)39-31-34-32(39)36-33(39)35(31)40(34,36)38(48)44-16-20(14-42)30-24-10-6-4-8-22(24)28(12-26(30)44)50-18(2)46/h3-12,19-20,31-36H,13-16H2,1-2H3/t19-,20-,31?,32?,33?,34?,35?,36?,39?,40?/m1/s1. The van der Waals surface area contributed by atoms with Gasteiger partial charge in [-0.2, -0.15) is 0 Å². The predicted octanol–water partition coefficient (Wildman–Crippen LogP) is 6.62. The summed E-state index contributed by atoms with van der Waals surface area (Å²) in [4.78, 5) is 57.5. The number of alkyl halides is 2. The van der Waals surface area contributed by atoms with Crippen LogP contribution >= 0.6 is 23.2 Å². The topological polar surface area (TPSA) is 93.2 Å². The van der Waals surface area contributed by atoms with E-state index in [4.69, 9.17) is 32.7 Å². The second kappa shape index (κ2) is 9.39. The molecule has 4 aromatic rings. The smallest absolute Gasteiger partial charge is 0.308 e. The van der Waals surface area contributed by atoms with Gasteiger partial charge in [0, 0.05) is 73.4 Å². The number of ether oxygens (including phenoxy) is 2. The molecule has 2 aliphatic heterocycles. The molecule has 2 amide bonds. The van der Waals surface area contributed by atoms with Crippen LogP contribution in [-0.4, -0.2) is 48.6 Å². The van der Waals surface area contributed by atoms with E-state index < -0.39 is 22.8 Å². The van der Waals surface area contributed by atoms with Crippen LogP contribution in [0.25, 0.3) is 21.5 Å². The van der Waals surface area contributed by atoms with Crippen molar-refractivity contribution in [2.24, 2.45) is 46.3 Å². The Labute approximate surface area is 297 Å². The molecule has 0 N–H and O–H groups in total. The van der Waals surface area contributed by atoms with Gasteiger partial charge in [0.15, 0.2) is 0 Å². The largest absolute Gasteiger partial charge is 0.426 e. The van der Waals surface area contributed by atoms with Crippen LogP contribution in [0.3, 0.4) is 0 Å². The second-order valence-electron chi connectivity index (χ2n) is 15.4. The van der Waals surface area contributed by atoms with Gasteiger partial charge in [0.05, 0.1) is 22.2 Å². The first-order valence-corrected chi connectivity index (χ1v) is 18.5. The van der Waals surface area contributed by atoms with Crippen molar-refractivity contribution in [1.29, 1.82) is 0 Å². The summed E-state index contributed by atoms with van der Waals surface area (Å²) in [5.74, 6) is 2.31. The number of anilines is 2. The molecule has 0 aromatic heterocycles. The molecular formula is C40H32Cl2N2O6. The van der Waals surface area contributed by atoms with Gasteiger partial charge in [0.1, 0.15) is 11.5 Å². The molecule has 8 nitrogen and oxygen atoms in total. The van der Waals surface area contributed by atoms with Crippen molar-refractivity contribution in [3.8, 4) is 11.5 Å². The van der Waals surface area contributed by atoms with E-state index in [1.807, 2.05) is 70.5 Å². The molecule has 0 saturated heterocycles. The van der Waals surface area contributed by atoms with Crippen molar-refractivity contribution >= 4 is 79.9 Å². The summed E-state index contributed by atoms with van der Waals surface area (Å²) in [7, 11) is 0. The van der Waals surface area contributed by atoms with Crippen LogP contribution < -0.4 is 19.3 Å². The number of nitrogens with zero attached hydrogens (tertiary/aromatic N) is 2. The molecule has 2 heterocycles. The zero-order valence-corrected chi connectivity index (χ0v) is 28.8. The molecule has 6 saturated carbocycles. The van der Waals surface area contributed by atoms with Gasteiger partial charge in [-0.25, -0.2) is 0 Å². The molecule has 12 rings (SSSR count). The zero-order chi connectivity index (χ0) is 34.2. The number of esters is 2. The Kier molecular flexibility index (Phi) is 5.56. The van der Waals surface area contributed by atoms with E-state index in [0.29, 0.717) is 36.3 Å². The number of amides is 2. The lowest BCUT2D eigenvalue weighted by Crippen LogP contribution is -3.12. The van der Waals surface area contributed by atoms with E-state index in [2.05, 4.69) is 0 Å². The highest BCUT2D eigenvalue weighted by Gasteiger charge is 3.13. The number of hydrogen-bond donors (Lipinski definition) is 0. The van der Waals surface area contributed by atoms with Gasteiger partial charge in [-0.3, -0.25) is 19.2 Å². The zero-order valence-electron chi connectivity index (χ0n) is 27.3. The Hall–Kier alpha value is -4.14. The van der Waals surface area contributed by atoms with Crippen molar-refractivity contribution in [3.63, 3.8) is 0 Å². The number of benzene rings is 4. The monoisotopic (exact) mass is 706 g/mol. The van der Waals surface area contributed by atoms with E-state index in [1.165, 1.54) is 13.8 Å². The van der Waals surface area contributed by atoms with Crippen LogP contribution in [0, 0.1) is 46.3 Å². The van der Waals surface area contributed by atoms with E-state index in [-0.39, 0.29) is 59.2 Å². The van der Waals surface area contributed by atoms with Crippen molar-refractivity contribution in [2.45, 2.75) is 25.7 Å². The van der Waals surface area contributed by atoms with Gasteiger partial charge >= 0.3 is 11.9 Å². The van der Waals surface area contributed by atoms with Crippen molar-refractivity contribution < 1.29 is 28.7 Å². The first-order valence-electron chi connectivity index (χ1n) is 17.4. The molecule has 0 bridgehead atoms. The molecule has 6 fully saturated rings. The summed E-state index contributed by atoms with van der Waals surface area (Å²) in [5, 5.41) is 3.56. The fourth-order valence-corrected chi connectivity index (χ4v) is 13.3. The predicted molar refractivity (Wildman–Crippen MR) is 188 cm³/mol. The third-order valence-electron chi connectivity index (χ3n) is 14.0. The summed E-state index contributed by atoms with van der Waals surface area (Å²) in [6.45, 7) is 3.75. The maximum absolute atomic E-state index is 14.8. The lowest BCUT2D eigenvalue weighted by atomic mass is 8.92. The van der Waals surface area contributed by atoms with Gasteiger partial charge in [0.2, 0.25) is 11.8 Å². The Balaban J connectivity index is 0.921. The fraction of sp³-hybridized carbons (Fsp3) is 0.400. The normalized spacial score (nSPS) is 35.2. The minimum Gasteiger partial charge on any atom is -0.426 e. The van der Waals surface area contributed by atoms with Crippen LogP contribution in [-0.2, 0) is 19.2 Å². The van der Waals surface area contributed by atoms with Crippen LogP contribution in [0.15, 0.2) is 60.7 Å². The van der Waals surface area contributed by atoms with E-state index in [1.54, 1.807) is 0 Å². The molecule has 8 aliphatic rings. The average Bonchev–Trinajstić information content (AvgIpc) is 3.69. The van der Waals surface area contributed by atoms with E-state index in [9.17, 15) is 19.2 Å². The van der Waals surface area contributed by atoms with Gasteiger partial charge in [-0.15, -0.1) is 23.2 Å². The van der Waals surface area contributed by atoms with E-state index >= 15 is 0 Å². The summed E-state index contributed by atoms with van der Waals surface area (Å²) < 4.78 is 11.3. The highest BCUT2D eigenvalue weighted by Crippen LogP contribution is 3.10. The minimum atomic E-state index is -0.412. The third kappa shape index (κ3) is 2.93. The summed E-state index contributed by atoms with van der Waals surface area (Å²) >= 11 is 13.1. The Morgan fingerprint density at radius 3 is 1.28 bits per heavy atom. The van der Waals surface area contributed by atoms with Gasteiger partial charge in [0.25, 0.3) is 0 Å². The average molecular weight is 708 g/mol. The maximum Gasteiger partial charge on any atom is 0.308 e. The number of hydrogen-bond acceptors (Lipinski definition) is 6. The maximum atomic E-state index is 14.8. The van der Waals surface area contributed by atoms with Gasteiger partial charge < -0.3 is 19.3 Å².